The molecule has 0 N–H and O–H groups in total. The molecule has 4 aliphatic heterocycles. The number of fused-ring (bicyclic) bond motifs is 14. The van der Waals surface area contributed by atoms with E-state index in [9.17, 15) is 0 Å². The Morgan fingerprint density at radius 3 is 1.03 bits per heavy atom. The van der Waals surface area contributed by atoms with E-state index in [0.29, 0.717) is 64.8 Å². The fourth-order valence-corrected chi connectivity index (χ4v) is 19.7. The first kappa shape index (κ1) is 95.1. The average Bonchev–Trinajstić information content (AvgIpc) is 1.55. The predicted octanol–water partition coefficient (Wildman–Crippen LogP) is 26.9. The Morgan fingerprint density at radius 2 is 0.612 bits per heavy atom. The van der Waals surface area contributed by atoms with Crippen molar-refractivity contribution in [2.24, 2.45) is 21.7 Å². The van der Waals surface area contributed by atoms with Crippen LogP contribution in [0.1, 0.15) is 146 Å². The zero-order valence-corrected chi connectivity index (χ0v) is 81.1. The van der Waals surface area contributed by atoms with E-state index in [0.717, 1.165) is 368 Å². The summed E-state index contributed by atoms with van der Waals surface area (Å²) in [6, 6.07) is 85.0. The molecule has 0 unspecified atom stereocenters. The van der Waals surface area contributed by atoms with Crippen molar-refractivity contribution in [1.82, 2.24) is 29.1 Å². The maximum atomic E-state index is 6.72. The highest BCUT2D eigenvalue weighted by Crippen LogP contribution is 2.46. The van der Waals surface area contributed by atoms with Crippen LogP contribution in [0.2, 0.25) is 0 Å². The molecule has 720 valence electrons. The Labute approximate surface area is 814 Å². The zero-order valence-electron chi connectivity index (χ0n) is 81.1. The maximum Gasteiger partial charge on any atom is 0.235 e. The summed E-state index contributed by atoms with van der Waals surface area (Å²) >= 11 is 0. The largest absolute Gasteiger partial charge is 0.456 e. The maximum absolute atomic E-state index is 6.72. The number of furan rings is 2. The van der Waals surface area contributed by atoms with E-state index in [1.807, 2.05) is 24.3 Å². The number of unbranched alkanes of at least 4 members (excludes halogenated alkanes) is 8. The third kappa shape index (κ3) is 21.9. The lowest BCUT2D eigenvalue weighted by Gasteiger charge is -2.40. The minimum atomic E-state index is 0.199. The molecule has 11 aromatic carbocycles. The second-order valence-corrected chi connectivity index (χ2v) is 39.4. The van der Waals surface area contributed by atoms with E-state index >= 15 is 0 Å². The molecule has 0 spiro atoms. The Morgan fingerprint density at radius 1 is 0.266 bits per heavy atom. The van der Waals surface area contributed by atoms with Crippen molar-refractivity contribution in [3.63, 3.8) is 0 Å². The lowest BCUT2D eigenvalue weighted by atomic mass is 9.84. The molecule has 0 atom stereocenters. The topological polar surface area (TPSA) is 198 Å². The number of hydrogen-bond acceptors (Lipinski definition) is 18. The third-order valence-electron chi connectivity index (χ3n) is 28.7. The molecule has 4 fully saturated rings. The van der Waals surface area contributed by atoms with Crippen LogP contribution in [-0.2, 0) is 83.3 Å². The van der Waals surface area contributed by atoms with Crippen molar-refractivity contribution in [3.8, 4) is 56.9 Å². The molecular weight excluding hydrogens is 1740 g/mol. The quantitative estimate of drug-likeness (QED) is 0.0326. The van der Waals surface area contributed by atoms with Gasteiger partial charge >= 0.3 is 0 Å². The van der Waals surface area contributed by atoms with Crippen molar-refractivity contribution in [2.75, 3.05) is 132 Å². The molecule has 20 nitrogen and oxygen atoms in total. The van der Waals surface area contributed by atoms with Crippen molar-refractivity contribution < 1.29 is 65.7 Å². The van der Waals surface area contributed by atoms with Crippen molar-refractivity contribution in [3.05, 3.63) is 265 Å². The van der Waals surface area contributed by atoms with Gasteiger partial charge in [-0.3, -0.25) is 9.13 Å². The van der Waals surface area contributed by atoms with Crippen LogP contribution in [0.4, 0.5) is 0 Å². The van der Waals surface area contributed by atoms with Crippen LogP contribution in [0.5, 0.6) is 0 Å². The second kappa shape index (κ2) is 44.6. The first-order chi connectivity index (χ1) is 68.5. The van der Waals surface area contributed by atoms with Gasteiger partial charge in [0.1, 0.15) is 22.3 Å². The highest BCUT2D eigenvalue weighted by Gasteiger charge is 2.40. The molecule has 4 aliphatic rings. The van der Waals surface area contributed by atoms with E-state index in [1.165, 1.54) is 0 Å². The van der Waals surface area contributed by atoms with Crippen LogP contribution in [0.3, 0.4) is 0 Å². The number of benzene rings is 11. The summed E-state index contributed by atoms with van der Waals surface area (Å²) in [5.41, 5.74) is 20.3. The second-order valence-electron chi connectivity index (χ2n) is 39.4. The molecule has 0 aliphatic carbocycles. The van der Waals surface area contributed by atoms with E-state index < -0.39 is 0 Å². The van der Waals surface area contributed by atoms with Crippen LogP contribution in [-0.4, -0.2) is 161 Å². The van der Waals surface area contributed by atoms with Crippen molar-refractivity contribution >= 4 is 98.3 Å². The van der Waals surface area contributed by atoms with Crippen LogP contribution in [0.15, 0.2) is 251 Å². The number of hydrogen-bond donors (Lipinski definition) is 0. The van der Waals surface area contributed by atoms with E-state index in [2.05, 4.69) is 255 Å². The Bertz CT molecular complexity index is 6870. The average molecular weight is 1870 g/mol. The number of nitrogens with zero attached hydrogens (tertiary/aromatic N) is 6. The van der Waals surface area contributed by atoms with Gasteiger partial charge in [0.2, 0.25) is 11.9 Å². The van der Waals surface area contributed by atoms with E-state index in [1.54, 1.807) is 0 Å². The summed E-state index contributed by atoms with van der Waals surface area (Å²) in [5, 5.41) is 10.8. The first-order valence-corrected chi connectivity index (χ1v) is 50.7. The molecule has 20 heteroatoms. The molecule has 0 bridgehead atoms. The fraction of sp³-hybridized carbons (Fsp3) is 0.395. The number of aromatic nitrogens is 6. The Balaban J connectivity index is 0.000000172. The summed E-state index contributed by atoms with van der Waals surface area (Å²) in [4.78, 5) is 21.4. The van der Waals surface area contributed by atoms with Gasteiger partial charge in [0, 0.05) is 151 Å². The smallest absolute Gasteiger partial charge is 0.235 e. The van der Waals surface area contributed by atoms with Gasteiger partial charge < -0.3 is 65.7 Å². The molecule has 21 rings (SSSR count). The van der Waals surface area contributed by atoms with E-state index in [-0.39, 0.29) is 21.7 Å². The summed E-state index contributed by atoms with van der Waals surface area (Å²) < 4.78 is 88.7. The van der Waals surface area contributed by atoms with Crippen molar-refractivity contribution in [2.45, 2.75) is 150 Å². The standard InChI is InChI=1S/C62H67N3O7.C57H63N3O7/c1-3-61(40-70-41-61)38-68-29-17-7-15-27-66-36-44-25-26-57-51(31-44)52-33-50-53-32-47(37-67-28-16-8-18-30-69-39-62(4-2)42-71-43-62)48-23-13-14-24-49(48)59(53)65(56(50)35-58(52)72-57)60-63-54(45-19-9-5-10-20-45)34-55(64-60)46-21-11-6-12-22-46;1-3-57(39-66-40-57)38-64-27-15-7-13-24-61-33-41-20-22-51-45(28-41)46-31-54-48(47-29-42(21-23-53(47)67-54)34-62-25-12-6-14-26-63-35-56(2)36-65-37-56)30-52(46)60(51)55-58-49(43-16-8-4-9-17-43)32-50(59-55)44-18-10-5-11-19-44/h5-6,9-14,19-26,31-35H,3-4,7-8,15-18,27-30,36-43H2,1-2H3;4-5,8-11,16-23,28-32H,3,6-7,12-15,24-27,33-40H2,1-2H3. The summed E-state index contributed by atoms with van der Waals surface area (Å²) in [7, 11) is 0. The van der Waals surface area contributed by atoms with Gasteiger partial charge in [-0.05, 0) is 197 Å². The van der Waals surface area contributed by atoms with E-state index in [4.69, 9.17) is 85.6 Å². The molecule has 6 aromatic heterocycles. The monoisotopic (exact) mass is 1870 g/mol. The van der Waals surface area contributed by atoms with Gasteiger partial charge in [-0.1, -0.05) is 191 Å². The summed E-state index contributed by atoms with van der Waals surface area (Å²) in [6.45, 7) is 26.6. The lowest BCUT2D eigenvalue weighted by Crippen LogP contribution is -2.45. The van der Waals surface area contributed by atoms with Gasteiger partial charge in [0.15, 0.2) is 0 Å². The highest BCUT2D eigenvalue weighted by molar-refractivity contribution is 6.23. The zero-order chi connectivity index (χ0) is 94.2. The SMILES string of the molecule is CCC1(COCCCCCOCc2ccc3c(c2)c2cc4oc5ccc(COCCCCCOCC6(C)COC6)cc5c4cc2n3-c2nc(-c3ccccc3)cc(-c3ccccc3)n2)COC1.CCC1(COCCCCCOCc2ccc3oc4cc5c(cc4c3c2)c2cc(COCCCCCOCC3(CC)COC3)c3ccccc3c2n5-c2nc(-c3ccccc3)cc(-c3ccccc3)n2)COC1. The molecule has 0 radical (unpaired) electrons. The molecule has 17 aromatic rings. The molecule has 10 heterocycles. The summed E-state index contributed by atoms with van der Waals surface area (Å²) in [5.74, 6) is 1.20. The van der Waals surface area contributed by atoms with Crippen LogP contribution >= 0.6 is 0 Å². The van der Waals surface area contributed by atoms with Crippen LogP contribution in [0.25, 0.3) is 155 Å². The number of ether oxygens (including phenoxy) is 12. The predicted molar refractivity (Wildman–Crippen MR) is 553 cm³/mol. The normalized spacial score (nSPS) is 15.3. The molecule has 0 saturated carbocycles. The lowest BCUT2D eigenvalue weighted by molar-refractivity contribution is -0.150. The van der Waals surface area contributed by atoms with Gasteiger partial charge in [-0.25, -0.2) is 19.9 Å². The van der Waals surface area contributed by atoms with Gasteiger partial charge in [-0.2, -0.15) is 0 Å². The highest BCUT2D eigenvalue weighted by atomic mass is 16.5. The van der Waals surface area contributed by atoms with Crippen molar-refractivity contribution in [1.29, 1.82) is 0 Å². The minimum Gasteiger partial charge on any atom is -0.456 e. The fourth-order valence-electron chi connectivity index (χ4n) is 19.7. The van der Waals surface area contributed by atoms with Crippen LogP contribution in [0, 0.1) is 21.7 Å². The summed E-state index contributed by atoms with van der Waals surface area (Å²) in [6.07, 6.45) is 15.7. The van der Waals surface area contributed by atoms with Crippen LogP contribution < -0.4 is 0 Å². The first-order valence-electron chi connectivity index (χ1n) is 50.7. The molecule has 0 amide bonds. The third-order valence-corrected chi connectivity index (χ3v) is 28.7. The molecule has 4 saturated heterocycles. The Kier molecular flexibility index (Phi) is 30.5. The van der Waals surface area contributed by atoms with Gasteiger partial charge in [-0.15, -0.1) is 0 Å². The Hall–Kier alpha value is -11.4. The van der Waals surface area contributed by atoms with Gasteiger partial charge in [0.25, 0.3) is 0 Å². The van der Waals surface area contributed by atoms with Gasteiger partial charge in [0.05, 0.1) is 151 Å². The molecule has 139 heavy (non-hydrogen) atoms. The minimum absolute atomic E-state index is 0.199. The molecular formula is C119H130N6O14. The number of rotatable bonds is 49.